The highest BCUT2D eigenvalue weighted by molar-refractivity contribution is 5.76. The third-order valence-corrected chi connectivity index (χ3v) is 8.71. The number of hydrogen-bond acceptors (Lipinski definition) is 2. The summed E-state index contributed by atoms with van der Waals surface area (Å²) in [5.74, 6) is -0.163. The molecule has 3 heteroatoms. The number of carboxylic acids is 1. The van der Waals surface area contributed by atoms with E-state index in [0.29, 0.717) is 12.8 Å². The van der Waals surface area contributed by atoms with Crippen molar-refractivity contribution in [1.82, 2.24) is 0 Å². The van der Waals surface area contributed by atoms with Crippen LogP contribution < -0.4 is 0 Å². The Morgan fingerprint density at radius 1 is 0.487 bits per heavy atom. The summed E-state index contributed by atoms with van der Waals surface area (Å²) in [7, 11) is 0. The van der Waals surface area contributed by atoms with Crippen LogP contribution in [0.5, 0.6) is 0 Å². The average molecular weight is 553 g/mol. The van der Waals surface area contributed by atoms with Gasteiger partial charge in [-0.1, -0.05) is 188 Å². The van der Waals surface area contributed by atoms with Crippen molar-refractivity contribution < 1.29 is 15.0 Å². The minimum absolute atomic E-state index is 0.415. The quantitative estimate of drug-likeness (QED) is 0.0816. The maximum atomic E-state index is 11.7. The highest BCUT2D eigenvalue weighted by Gasteiger charge is 2.34. The van der Waals surface area contributed by atoms with E-state index < -0.39 is 11.6 Å². The van der Waals surface area contributed by atoms with Gasteiger partial charge in [-0.2, -0.15) is 0 Å². The van der Waals surface area contributed by atoms with Gasteiger partial charge in [0, 0.05) is 0 Å². The molecule has 0 aliphatic rings. The van der Waals surface area contributed by atoms with Gasteiger partial charge in [0.15, 0.2) is 5.60 Å². The van der Waals surface area contributed by atoms with E-state index in [1.165, 1.54) is 154 Å². The zero-order valence-corrected chi connectivity index (χ0v) is 27.1. The Bertz CT molecular complexity index is 504. The summed E-state index contributed by atoms with van der Waals surface area (Å²) in [5.41, 5.74) is -1.51. The molecular formula is C36H72O3. The molecule has 0 spiro atoms. The molecule has 0 aliphatic heterocycles. The van der Waals surface area contributed by atoms with Gasteiger partial charge in [-0.25, -0.2) is 4.79 Å². The topological polar surface area (TPSA) is 57.5 Å². The summed E-state index contributed by atoms with van der Waals surface area (Å²) >= 11 is 0. The number of rotatable bonds is 32. The van der Waals surface area contributed by atoms with E-state index in [9.17, 15) is 15.0 Å². The molecular weight excluding hydrogens is 480 g/mol. The van der Waals surface area contributed by atoms with Gasteiger partial charge < -0.3 is 10.2 Å². The highest BCUT2D eigenvalue weighted by Crippen LogP contribution is 2.24. The van der Waals surface area contributed by atoms with E-state index >= 15 is 0 Å². The monoisotopic (exact) mass is 553 g/mol. The van der Waals surface area contributed by atoms with E-state index in [2.05, 4.69) is 20.8 Å². The predicted molar refractivity (Wildman–Crippen MR) is 172 cm³/mol. The van der Waals surface area contributed by atoms with E-state index in [1.807, 2.05) is 0 Å². The Morgan fingerprint density at radius 2 is 0.744 bits per heavy atom. The molecule has 0 amide bonds. The lowest BCUT2D eigenvalue weighted by Gasteiger charge is -2.23. The zero-order valence-electron chi connectivity index (χ0n) is 27.1. The fourth-order valence-electron chi connectivity index (χ4n) is 5.87. The third-order valence-electron chi connectivity index (χ3n) is 8.71. The fraction of sp³-hybridized carbons (Fsp3) is 0.972. The molecule has 0 saturated heterocycles. The van der Waals surface area contributed by atoms with Crippen LogP contribution in [0.15, 0.2) is 0 Å². The van der Waals surface area contributed by atoms with Crippen LogP contribution in [0.25, 0.3) is 0 Å². The van der Waals surface area contributed by atoms with Crippen molar-refractivity contribution >= 4 is 5.97 Å². The normalized spacial score (nSPS) is 13.3. The van der Waals surface area contributed by atoms with Crippen molar-refractivity contribution in [2.24, 2.45) is 5.92 Å². The minimum Gasteiger partial charge on any atom is -0.479 e. The molecule has 1 atom stereocenters. The molecule has 2 N–H and O–H groups in total. The molecule has 0 aromatic heterocycles. The van der Waals surface area contributed by atoms with Crippen LogP contribution in [0.2, 0.25) is 0 Å². The van der Waals surface area contributed by atoms with Gasteiger partial charge in [0.05, 0.1) is 0 Å². The van der Waals surface area contributed by atoms with Crippen LogP contribution in [0, 0.1) is 5.92 Å². The molecule has 0 saturated carbocycles. The summed E-state index contributed by atoms with van der Waals surface area (Å²) in [6.45, 7) is 6.91. The van der Waals surface area contributed by atoms with Gasteiger partial charge >= 0.3 is 5.97 Å². The largest absolute Gasteiger partial charge is 0.479 e. The lowest BCUT2D eigenvalue weighted by Crippen LogP contribution is -2.38. The maximum Gasteiger partial charge on any atom is 0.335 e. The molecule has 0 aliphatic carbocycles. The molecule has 234 valence electrons. The van der Waals surface area contributed by atoms with Gasteiger partial charge in [0.25, 0.3) is 0 Å². The lowest BCUT2D eigenvalue weighted by atomic mass is 9.89. The van der Waals surface area contributed by atoms with Crippen LogP contribution in [0.1, 0.15) is 213 Å². The molecule has 0 aromatic carbocycles. The second kappa shape index (κ2) is 28.9. The number of unbranched alkanes of at least 4 members (excludes halogenated alkanes) is 25. The Hall–Kier alpha value is -0.570. The minimum atomic E-state index is -1.51. The van der Waals surface area contributed by atoms with Gasteiger partial charge in [0.2, 0.25) is 0 Å². The summed E-state index contributed by atoms with van der Waals surface area (Å²) in [4.78, 5) is 11.7. The van der Waals surface area contributed by atoms with Crippen LogP contribution in [-0.2, 0) is 4.79 Å². The first-order valence-electron chi connectivity index (χ1n) is 17.9. The maximum absolute atomic E-state index is 11.7. The van der Waals surface area contributed by atoms with Crippen molar-refractivity contribution in [2.45, 2.75) is 219 Å². The van der Waals surface area contributed by atoms with Crippen molar-refractivity contribution in [3.8, 4) is 0 Å². The van der Waals surface area contributed by atoms with Crippen LogP contribution >= 0.6 is 0 Å². The van der Waals surface area contributed by atoms with E-state index in [0.717, 1.165) is 31.6 Å². The standard InChI is InChI=1S/C36H72O3/c1-4-5-6-7-8-9-10-11-14-17-20-23-26-29-32-36(39,35(37)38)33-30-27-24-21-18-15-12-13-16-19-22-25-28-31-34(2)3/h34,39H,4-33H2,1-3H3,(H,37,38). The average Bonchev–Trinajstić information content (AvgIpc) is 2.90. The number of hydrogen-bond donors (Lipinski definition) is 2. The summed E-state index contributed by atoms with van der Waals surface area (Å²) in [6.07, 6.45) is 37.0. The number of aliphatic carboxylic acids is 1. The summed E-state index contributed by atoms with van der Waals surface area (Å²) in [6, 6.07) is 0. The molecule has 0 aromatic rings. The smallest absolute Gasteiger partial charge is 0.335 e. The molecule has 0 bridgehead atoms. The summed E-state index contributed by atoms with van der Waals surface area (Å²) in [5, 5.41) is 20.3. The van der Waals surface area contributed by atoms with Gasteiger partial charge in [0.1, 0.15) is 0 Å². The zero-order chi connectivity index (χ0) is 28.9. The SMILES string of the molecule is CCCCCCCCCCCCCCCCC(O)(CCCCCCCCCCCCCCCC(C)C)C(=O)O. The fourth-order valence-corrected chi connectivity index (χ4v) is 5.87. The Morgan fingerprint density at radius 3 is 1.00 bits per heavy atom. The summed E-state index contributed by atoms with van der Waals surface area (Å²) < 4.78 is 0. The number of carboxylic acid groups (broad SMARTS) is 1. The van der Waals surface area contributed by atoms with Crippen LogP contribution in [0.4, 0.5) is 0 Å². The predicted octanol–water partition coefficient (Wildman–Crippen LogP) is 12.2. The number of carbonyl (C=O) groups is 1. The van der Waals surface area contributed by atoms with Crippen molar-refractivity contribution in [1.29, 1.82) is 0 Å². The molecule has 3 nitrogen and oxygen atoms in total. The molecule has 0 rings (SSSR count). The molecule has 0 fully saturated rings. The molecule has 39 heavy (non-hydrogen) atoms. The van der Waals surface area contributed by atoms with Crippen molar-refractivity contribution in [3.05, 3.63) is 0 Å². The first kappa shape index (κ1) is 38.4. The third kappa shape index (κ3) is 27.4. The van der Waals surface area contributed by atoms with Gasteiger partial charge in [-0.05, 0) is 31.6 Å². The molecule has 1 unspecified atom stereocenters. The van der Waals surface area contributed by atoms with Gasteiger partial charge in [-0.3, -0.25) is 0 Å². The first-order chi connectivity index (χ1) is 18.9. The highest BCUT2D eigenvalue weighted by atomic mass is 16.4. The Balaban J connectivity index is 3.54. The molecule has 0 radical (unpaired) electrons. The van der Waals surface area contributed by atoms with E-state index in [1.54, 1.807) is 0 Å². The first-order valence-corrected chi connectivity index (χ1v) is 17.9. The van der Waals surface area contributed by atoms with Gasteiger partial charge in [-0.15, -0.1) is 0 Å². The second-order valence-corrected chi connectivity index (χ2v) is 13.2. The van der Waals surface area contributed by atoms with E-state index in [4.69, 9.17) is 0 Å². The number of aliphatic hydroxyl groups is 1. The van der Waals surface area contributed by atoms with Crippen molar-refractivity contribution in [2.75, 3.05) is 0 Å². The van der Waals surface area contributed by atoms with Crippen LogP contribution in [0.3, 0.4) is 0 Å². The lowest BCUT2D eigenvalue weighted by molar-refractivity contribution is -0.160. The van der Waals surface area contributed by atoms with Crippen molar-refractivity contribution in [3.63, 3.8) is 0 Å². The molecule has 0 heterocycles. The Labute approximate surface area is 245 Å². The van der Waals surface area contributed by atoms with Crippen LogP contribution in [-0.4, -0.2) is 21.8 Å². The Kier molecular flexibility index (Phi) is 28.5. The second-order valence-electron chi connectivity index (χ2n) is 13.2. The van der Waals surface area contributed by atoms with E-state index in [-0.39, 0.29) is 0 Å².